The summed E-state index contributed by atoms with van der Waals surface area (Å²) in [4.78, 5) is 2.32. The average Bonchev–Trinajstić information content (AvgIpc) is 2.77. The second-order valence-electron chi connectivity index (χ2n) is 5.53. The molecule has 3 N–H and O–H groups in total. The van der Waals surface area contributed by atoms with E-state index < -0.39 is 5.60 Å². The quantitative estimate of drug-likeness (QED) is 0.869. The third kappa shape index (κ3) is 2.16. The third-order valence-electron chi connectivity index (χ3n) is 4.45. The standard InChI is InChI=1S/C14H23NOS/c1-11-6-7-12(17-11)13(2,16)14(10-15)8-4-3-5-9-14/h6-7,16H,3-5,8-10,15H2,1-2H3. The summed E-state index contributed by atoms with van der Waals surface area (Å²) in [5, 5.41) is 11.0. The van der Waals surface area contributed by atoms with E-state index in [4.69, 9.17) is 5.73 Å². The molecule has 0 radical (unpaired) electrons. The highest BCUT2D eigenvalue weighted by atomic mass is 32.1. The maximum absolute atomic E-state index is 11.0. The minimum Gasteiger partial charge on any atom is -0.384 e. The molecule has 1 atom stereocenters. The molecule has 1 aliphatic rings. The van der Waals surface area contributed by atoms with Gasteiger partial charge < -0.3 is 10.8 Å². The molecule has 1 fully saturated rings. The van der Waals surface area contributed by atoms with E-state index in [1.165, 1.54) is 24.1 Å². The molecule has 0 aliphatic heterocycles. The van der Waals surface area contributed by atoms with E-state index in [2.05, 4.69) is 19.1 Å². The van der Waals surface area contributed by atoms with Gasteiger partial charge in [-0.25, -0.2) is 0 Å². The second-order valence-corrected chi connectivity index (χ2v) is 6.82. The summed E-state index contributed by atoms with van der Waals surface area (Å²) in [7, 11) is 0. The number of aryl methyl sites for hydroxylation is 1. The normalized spacial score (nSPS) is 23.3. The minimum atomic E-state index is -0.777. The van der Waals surface area contributed by atoms with Crippen LogP contribution in [0.2, 0.25) is 0 Å². The number of rotatable bonds is 3. The Hall–Kier alpha value is -0.380. The van der Waals surface area contributed by atoms with Gasteiger partial charge in [0.2, 0.25) is 0 Å². The number of thiophene rings is 1. The van der Waals surface area contributed by atoms with Crippen molar-refractivity contribution in [2.75, 3.05) is 6.54 Å². The smallest absolute Gasteiger partial charge is 0.103 e. The van der Waals surface area contributed by atoms with Crippen LogP contribution in [0.25, 0.3) is 0 Å². The van der Waals surface area contributed by atoms with Crippen LogP contribution >= 0.6 is 11.3 Å². The van der Waals surface area contributed by atoms with Crippen LogP contribution in [0.5, 0.6) is 0 Å². The lowest BCUT2D eigenvalue weighted by Crippen LogP contribution is -2.49. The van der Waals surface area contributed by atoms with E-state index in [0.717, 1.165) is 17.7 Å². The van der Waals surface area contributed by atoms with Gasteiger partial charge >= 0.3 is 0 Å². The summed E-state index contributed by atoms with van der Waals surface area (Å²) in [5.41, 5.74) is 5.11. The van der Waals surface area contributed by atoms with E-state index in [-0.39, 0.29) is 5.41 Å². The van der Waals surface area contributed by atoms with Gasteiger partial charge in [-0.1, -0.05) is 19.3 Å². The first-order chi connectivity index (χ1) is 8.02. The van der Waals surface area contributed by atoms with Crippen molar-refractivity contribution in [3.8, 4) is 0 Å². The van der Waals surface area contributed by atoms with Crippen molar-refractivity contribution in [2.45, 2.75) is 51.6 Å². The second kappa shape index (κ2) is 4.71. The van der Waals surface area contributed by atoms with Crippen molar-refractivity contribution in [3.05, 3.63) is 21.9 Å². The molecule has 2 nitrogen and oxygen atoms in total. The Balaban J connectivity index is 2.34. The van der Waals surface area contributed by atoms with Crippen LogP contribution < -0.4 is 5.73 Å². The Kier molecular flexibility index (Phi) is 3.62. The van der Waals surface area contributed by atoms with Gasteiger partial charge in [-0.05, 0) is 38.8 Å². The zero-order valence-corrected chi connectivity index (χ0v) is 11.6. The summed E-state index contributed by atoms with van der Waals surface area (Å²) in [5.74, 6) is 0. The Bertz CT molecular complexity index is 377. The SMILES string of the molecule is Cc1ccc(C(C)(O)C2(CN)CCCCC2)s1. The van der Waals surface area contributed by atoms with Crippen molar-refractivity contribution in [1.82, 2.24) is 0 Å². The molecule has 96 valence electrons. The van der Waals surface area contributed by atoms with Crippen molar-refractivity contribution in [3.63, 3.8) is 0 Å². The Morgan fingerprint density at radius 3 is 2.47 bits per heavy atom. The van der Waals surface area contributed by atoms with Crippen molar-refractivity contribution >= 4 is 11.3 Å². The molecule has 1 aromatic heterocycles. The van der Waals surface area contributed by atoms with E-state index in [0.29, 0.717) is 6.54 Å². The molecule has 3 heteroatoms. The fourth-order valence-electron chi connectivity index (χ4n) is 3.08. The molecule has 0 saturated heterocycles. The van der Waals surface area contributed by atoms with Crippen LogP contribution in [0.1, 0.15) is 48.8 Å². The Morgan fingerprint density at radius 2 is 2.00 bits per heavy atom. The summed E-state index contributed by atoms with van der Waals surface area (Å²) >= 11 is 1.70. The third-order valence-corrected chi connectivity index (χ3v) is 5.67. The predicted octanol–water partition coefficient (Wildman–Crippen LogP) is 3.17. The summed E-state index contributed by atoms with van der Waals surface area (Å²) < 4.78 is 0. The van der Waals surface area contributed by atoms with Gasteiger partial charge in [-0.3, -0.25) is 0 Å². The monoisotopic (exact) mass is 253 g/mol. The fraction of sp³-hybridized carbons (Fsp3) is 0.714. The molecule has 1 unspecified atom stereocenters. The van der Waals surface area contributed by atoms with E-state index in [9.17, 15) is 5.11 Å². The first kappa shape index (κ1) is 13.1. The lowest BCUT2D eigenvalue weighted by Gasteiger charge is -2.47. The number of hydrogen-bond acceptors (Lipinski definition) is 3. The fourth-order valence-corrected chi connectivity index (χ4v) is 4.11. The average molecular weight is 253 g/mol. The molecular formula is C14H23NOS. The van der Waals surface area contributed by atoms with Crippen LogP contribution in [0.15, 0.2) is 12.1 Å². The van der Waals surface area contributed by atoms with Crippen LogP contribution in [0.4, 0.5) is 0 Å². The molecule has 0 spiro atoms. The highest BCUT2D eigenvalue weighted by Crippen LogP contribution is 2.50. The zero-order valence-electron chi connectivity index (χ0n) is 10.8. The lowest BCUT2D eigenvalue weighted by atomic mass is 9.63. The number of hydrogen-bond donors (Lipinski definition) is 2. The van der Waals surface area contributed by atoms with Gasteiger partial charge in [0.15, 0.2) is 0 Å². The van der Waals surface area contributed by atoms with Gasteiger partial charge in [0, 0.05) is 21.7 Å². The van der Waals surface area contributed by atoms with Crippen molar-refractivity contribution in [1.29, 1.82) is 0 Å². The lowest BCUT2D eigenvalue weighted by molar-refractivity contribution is -0.0892. The van der Waals surface area contributed by atoms with Crippen LogP contribution in [-0.2, 0) is 5.60 Å². The van der Waals surface area contributed by atoms with Gasteiger partial charge in [-0.15, -0.1) is 11.3 Å². The van der Waals surface area contributed by atoms with Crippen LogP contribution in [0.3, 0.4) is 0 Å². The van der Waals surface area contributed by atoms with Crippen LogP contribution in [-0.4, -0.2) is 11.7 Å². The maximum atomic E-state index is 11.0. The molecule has 0 amide bonds. The summed E-state index contributed by atoms with van der Waals surface area (Å²) in [6.07, 6.45) is 5.76. The summed E-state index contributed by atoms with van der Waals surface area (Å²) in [6.45, 7) is 4.62. The highest BCUT2D eigenvalue weighted by Gasteiger charge is 2.48. The van der Waals surface area contributed by atoms with E-state index in [1.807, 2.05) is 6.92 Å². The van der Waals surface area contributed by atoms with Gasteiger partial charge in [0.1, 0.15) is 5.60 Å². The zero-order chi connectivity index (χ0) is 12.5. The summed E-state index contributed by atoms with van der Waals surface area (Å²) in [6, 6.07) is 4.15. The van der Waals surface area contributed by atoms with Gasteiger partial charge in [0.25, 0.3) is 0 Å². The van der Waals surface area contributed by atoms with Crippen molar-refractivity contribution < 1.29 is 5.11 Å². The maximum Gasteiger partial charge on any atom is 0.103 e. The van der Waals surface area contributed by atoms with Crippen LogP contribution in [0, 0.1) is 12.3 Å². The van der Waals surface area contributed by atoms with Crippen molar-refractivity contribution in [2.24, 2.45) is 11.1 Å². The number of nitrogens with two attached hydrogens (primary N) is 1. The Morgan fingerprint density at radius 1 is 1.35 bits per heavy atom. The largest absolute Gasteiger partial charge is 0.384 e. The molecule has 2 rings (SSSR count). The molecule has 1 heterocycles. The molecule has 17 heavy (non-hydrogen) atoms. The van der Waals surface area contributed by atoms with Gasteiger partial charge in [-0.2, -0.15) is 0 Å². The van der Waals surface area contributed by atoms with Gasteiger partial charge in [0.05, 0.1) is 0 Å². The molecule has 1 aliphatic carbocycles. The first-order valence-corrected chi connectivity index (χ1v) is 7.33. The minimum absolute atomic E-state index is 0.122. The highest BCUT2D eigenvalue weighted by molar-refractivity contribution is 7.12. The molecule has 1 aromatic rings. The molecular weight excluding hydrogens is 230 g/mol. The first-order valence-electron chi connectivity index (χ1n) is 6.51. The molecule has 0 aromatic carbocycles. The molecule has 0 bridgehead atoms. The Labute approximate surface area is 108 Å². The topological polar surface area (TPSA) is 46.2 Å². The molecule has 1 saturated carbocycles. The number of aliphatic hydroxyl groups is 1. The van der Waals surface area contributed by atoms with E-state index >= 15 is 0 Å². The van der Waals surface area contributed by atoms with E-state index in [1.54, 1.807) is 11.3 Å². The predicted molar refractivity (Wildman–Crippen MR) is 73.2 cm³/mol.